The van der Waals surface area contributed by atoms with E-state index in [1.54, 1.807) is 24.9 Å². The van der Waals surface area contributed by atoms with Crippen molar-refractivity contribution in [3.8, 4) is 22.9 Å². The Balaban J connectivity index is 1.55. The summed E-state index contributed by atoms with van der Waals surface area (Å²) < 4.78 is 12.3. The molecule has 4 aromatic heterocycles. The van der Waals surface area contributed by atoms with E-state index in [0.29, 0.717) is 23.1 Å². The van der Waals surface area contributed by atoms with E-state index in [-0.39, 0.29) is 0 Å². The highest BCUT2D eigenvalue weighted by Crippen LogP contribution is 2.29. The Hall–Kier alpha value is -3.92. The number of nitrogens with one attached hydrogen (secondary N) is 1. The Labute approximate surface area is 199 Å². The SMILES string of the molecule is CCN(CCN(C)C)c1cccc(Nc2cc3nc(-c4cnc(OC)c(OC)c4)ccn3n2)n1. The number of hydrogen-bond acceptors (Lipinski definition) is 9. The molecule has 0 amide bonds. The number of fused-ring (bicyclic) bond motifs is 1. The number of anilines is 3. The molecule has 0 bridgehead atoms. The molecule has 0 aliphatic rings. The fourth-order valence-electron chi connectivity index (χ4n) is 3.53. The standard InChI is InChI=1S/C24H30N8O2/c1-6-31(13-12-30(2)3)22-9-7-8-20(28-22)27-21-15-23-26-18(10-11-32(23)29-21)17-14-19(33-4)24(34-5)25-16-17/h7-11,14-16H,6,12-13H2,1-5H3,(H,27,28,29). The van der Waals surface area contributed by atoms with Gasteiger partial charge in [-0.05, 0) is 45.3 Å². The van der Waals surface area contributed by atoms with Crippen LogP contribution in [0.3, 0.4) is 0 Å². The van der Waals surface area contributed by atoms with Gasteiger partial charge in [-0.1, -0.05) is 6.07 Å². The van der Waals surface area contributed by atoms with Gasteiger partial charge in [0.1, 0.15) is 11.6 Å². The fourth-order valence-corrected chi connectivity index (χ4v) is 3.53. The topological polar surface area (TPSA) is 92.9 Å². The molecule has 0 unspecified atom stereocenters. The van der Waals surface area contributed by atoms with Crippen LogP contribution >= 0.6 is 0 Å². The highest BCUT2D eigenvalue weighted by Gasteiger charge is 2.12. The van der Waals surface area contributed by atoms with Crippen molar-refractivity contribution in [1.82, 2.24) is 29.5 Å². The molecule has 10 heteroatoms. The lowest BCUT2D eigenvalue weighted by Gasteiger charge is -2.24. The Bertz CT molecular complexity index is 1260. The first-order valence-electron chi connectivity index (χ1n) is 11.1. The van der Waals surface area contributed by atoms with Gasteiger partial charge in [0.2, 0.25) is 0 Å². The zero-order valence-electron chi connectivity index (χ0n) is 20.2. The minimum atomic E-state index is 0.432. The van der Waals surface area contributed by atoms with Crippen LogP contribution < -0.4 is 19.7 Å². The van der Waals surface area contributed by atoms with E-state index in [1.807, 2.05) is 42.6 Å². The molecule has 0 saturated heterocycles. The lowest BCUT2D eigenvalue weighted by atomic mass is 10.2. The molecule has 0 aliphatic heterocycles. The van der Waals surface area contributed by atoms with Crippen molar-refractivity contribution in [2.75, 3.05) is 58.2 Å². The monoisotopic (exact) mass is 462 g/mol. The van der Waals surface area contributed by atoms with Crippen LogP contribution in [-0.2, 0) is 0 Å². The second-order valence-electron chi connectivity index (χ2n) is 7.97. The predicted molar refractivity (Wildman–Crippen MR) is 133 cm³/mol. The van der Waals surface area contributed by atoms with Crippen molar-refractivity contribution in [3.05, 3.63) is 48.8 Å². The normalized spacial score (nSPS) is 11.1. The Morgan fingerprint density at radius 2 is 1.85 bits per heavy atom. The summed E-state index contributed by atoms with van der Waals surface area (Å²) >= 11 is 0. The summed E-state index contributed by atoms with van der Waals surface area (Å²) in [5, 5.41) is 7.88. The van der Waals surface area contributed by atoms with Crippen molar-refractivity contribution in [1.29, 1.82) is 0 Å². The van der Waals surface area contributed by atoms with Gasteiger partial charge in [0.25, 0.3) is 5.88 Å². The van der Waals surface area contributed by atoms with Gasteiger partial charge in [-0.3, -0.25) is 0 Å². The summed E-state index contributed by atoms with van der Waals surface area (Å²) in [7, 11) is 7.29. The second kappa shape index (κ2) is 10.3. The molecule has 1 N–H and O–H groups in total. The summed E-state index contributed by atoms with van der Waals surface area (Å²) in [5.74, 6) is 3.31. The summed E-state index contributed by atoms with van der Waals surface area (Å²) in [5.41, 5.74) is 2.28. The molecular formula is C24H30N8O2. The van der Waals surface area contributed by atoms with Crippen LogP contribution in [0, 0.1) is 0 Å². The summed E-state index contributed by atoms with van der Waals surface area (Å²) in [6.07, 6.45) is 3.57. The van der Waals surface area contributed by atoms with Crippen molar-refractivity contribution < 1.29 is 9.47 Å². The maximum Gasteiger partial charge on any atom is 0.256 e. The average Bonchev–Trinajstić information content (AvgIpc) is 3.25. The number of aromatic nitrogens is 5. The number of methoxy groups -OCH3 is 2. The zero-order chi connectivity index (χ0) is 24.1. The molecule has 0 atom stereocenters. The fraction of sp³-hybridized carbons (Fsp3) is 0.333. The van der Waals surface area contributed by atoms with Crippen molar-refractivity contribution in [2.45, 2.75) is 6.92 Å². The summed E-state index contributed by atoms with van der Waals surface area (Å²) in [6.45, 7) is 4.89. The molecule has 10 nitrogen and oxygen atoms in total. The summed E-state index contributed by atoms with van der Waals surface area (Å²) in [4.78, 5) is 18.2. The van der Waals surface area contributed by atoms with E-state index in [9.17, 15) is 0 Å². The smallest absolute Gasteiger partial charge is 0.256 e. The van der Waals surface area contributed by atoms with Crippen LogP contribution in [0.4, 0.5) is 17.5 Å². The quantitative estimate of drug-likeness (QED) is 0.381. The van der Waals surface area contributed by atoms with Crippen LogP contribution in [0.5, 0.6) is 11.6 Å². The lowest BCUT2D eigenvalue weighted by Crippen LogP contribution is -2.32. The maximum atomic E-state index is 5.36. The van der Waals surface area contributed by atoms with Crippen molar-refractivity contribution in [3.63, 3.8) is 0 Å². The molecule has 4 aromatic rings. The number of ether oxygens (including phenoxy) is 2. The van der Waals surface area contributed by atoms with Crippen LogP contribution in [-0.4, -0.2) is 77.4 Å². The van der Waals surface area contributed by atoms with E-state index >= 15 is 0 Å². The number of rotatable bonds is 10. The third-order valence-corrected chi connectivity index (χ3v) is 5.37. The predicted octanol–water partition coefficient (Wildman–Crippen LogP) is 3.34. The third kappa shape index (κ3) is 5.18. The Kier molecular flexibility index (Phi) is 7.07. The number of likely N-dealkylation sites (N-methyl/N-ethyl adjacent to an activating group) is 2. The first-order chi connectivity index (χ1) is 16.5. The van der Waals surface area contributed by atoms with Gasteiger partial charge >= 0.3 is 0 Å². The van der Waals surface area contributed by atoms with Gasteiger partial charge in [-0.25, -0.2) is 19.5 Å². The van der Waals surface area contributed by atoms with E-state index < -0.39 is 0 Å². The number of nitrogens with zero attached hydrogens (tertiary/aromatic N) is 7. The van der Waals surface area contributed by atoms with Gasteiger partial charge in [0, 0.05) is 43.7 Å². The molecule has 0 aromatic carbocycles. The highest BCUT2D eigenvalue weighted by atomic mass is 16.5. The minimum absolute atomic E-state index is 0.432. The molecule has 0 saturated carbocycles. The number of pyridine rings is 2. The van der Waals surface area contributed by atoms with E-state index in [0.717, 1.165) is 42.5 Å². The molecule has 0 aliphatic carbocycles. The maximum absolute atomic E-state index is 5.36. The molecule has 0 spiro atoms. The van der Waals surface area contributed by atoms with Crippen LogP contribution in [0.2, 0.25) is 0 Å². The van der Waals surface area contributed by atoms with Crippen LogP contribution in [0.25, 0.3) is 16.9 Å². The van der Waals surface area contributed by atoms with Crippen LogP contribution in [0.1, 0.15) is 6.92 Å². The van der Waals surface area contributed by atoms with E-state index in [4.69, 9.17) is 19.4 Å². The third-order valence-electron chi connectivity index (χ3n) is 5.37. The second-order valence-corrected chi connectivity index (χ2v) is 7.97. The van der Waals surface area contributed by atoms with Crippen molar-refractivity contribution >= 4 is 23.1 Å². The lowest BCUT2D eigenvalue weighted by molar-refractivity contribution is 0.343. The molecule has 0 fully saturated rings. The first-order valence-corrected chi connectivity index (χ1v) is 11.1. The Morgan fingerprint density at radius 1 is 1.00 bits per heavy atom. The molecule has 34 heavy (non-hydrogen) atoms. The molecular weight excluding hydrogens is 432 g/mol. The summed E-state index contributed by atoms with van der Waals surface area (Å²) in [6, 6.07) is 11.6. The van der Waals surface area contributed by atoms with Gasteiger partial charge in [0.15, 0.2) is 17.2 Å². The van der Waals surface area contributed by atoms with Gasteiger partial charge in [-0.15, -0.1) is 5.10 Å². The Morgan fingerprint density at radius 3 is 2.59 bits per heavy atom. The van der Waals surface area contributed by atoms with Gasteiger partial charge in [0.05, 0.1) is 19.9 Å². The zero-order valence-corrected chi connectivity index (χ0v) is 20.2. The minimum Gasteiger partial charge on any atom is -0.491 e. The van der Waals surface area contributed by atoms with E-state index in [2.05, 4.69) is 46.2 Å². The molecule has 4 heterocycles. The highest BCUT2D eigenvalue weighted by molar-refractivity contribution is 5.66. The van der Waals surface area contributed by atoms with Crippen LogP contribution in [0.15, 0.2) is 48.8 Å². The van der Waals surface area contributed by atoms with Crippen molar-refractivity contribution in [2.24, 2.45) is 0 Å². The number of hydrogen-bond donors (Lipinski definition) is 1. The molecule has 4 rings (SSSR count). The van der Waals surface area contributed by atoms with E-state index in [1.165, 1.54) is 0 Å². The van der Waals surface area contributed by atoms with Gasteiger partial charge < -0.3 is 24.6 Å². The first kappa shape index (κ1) is 23.2. The van der Waals surface area contributed by atoms with Gasteiger partial charge in [-0.2, -0.15) is 0 Å². The average molecular weight is 463 g/mol. The molecule has 0 radical (unpaired) electrons. The molecule has 178 valence electrons. The largest absolute Gasteiger partial charge is 0.491 e.